The van der Waals surface area contributed by atoms with Crippen molar-refractivity contribution in [3.63, 3.8) is 0 Å². The van der Waals surface area contributed by atoms with Crippen LogP contribution in [0.2, 0.25) is 0 Å². The van der Waals surface area contributed by atoms with Gasteiger partial charge in [0.15, 0.2) is 0 Å². The van der Waals surface area contributed by atoms with Crippen molar-refractivity contribution in [1.29, 1.82) is 0 Å². The van der Waals surface area contributed by atoms with Crippen molar-refractivity contribution in [3.05, 3.63) is 0 Å². The Hall–Kier alpha value is 0.0400. The van der Waals surface area contributed by atoms with Gasteiger partial charge in [-0.25, -0.2) is 0 Å². The van der Waals surface area contributed by atoms with Crippen LogP contribution in [0.25, 0.3) is 0 Å². The van der Waals surface area contributed by atoms with Crippen molar-refractivity contribution >= 4 is 11.6 Å². The second-order valence-corrected chi connectivity index (χ2v) is 5.26. The Morgan fingerprint density at radius 1 is 1.31 bits per heavy atom. The maximum absolute atomic E-state index is 11.9. The van der Waals surface area contributed by atoms with Crippen LogP contribution in [0.4, 0.5) is 13.2 Å². The predicted molar refractivity (Wildman–Crippen MR) is 59.8 cm³/mol. The summed E-state index contributed by atoms with van der Waals surface area (Å²) in [6.07, 6.45) is -2.44. The summed E-state index contributed by atoms with van der Waals surface area (Å²) in [6.45, 7) is 4.33. The van der Waals surface area contributed by atoms with E-state index in [0.29, 0.717) is 12.5 Å². The van der Waals surface area contributed by atoms with Crippen LogP contribution in [0.5, 0.6) is 0 Å². The molecule has 16 heavy (non-hydrogen) atoms. The summed E-state index contributed by atoms with van der Waals surface area (Å²) in [4.78, 5) is 2.11. The molecular formula is C11H19ClF3N. The van der Waals surface area contributed by atoms with Gasteiger partial charge in [0.25, 0.3) is 0 Å². The molecule has 1 heterocycles. The van der Waals surface area contributed by atoms with Gasteiger partial charge in [-0.1, -0.05) is 0 Å². The van der Waals surface area contributed by atoms with E-state index < -0.39 is 12.6 Å². The zero-order chi connectivity index (χ0) is 12.2. The first kappa shape index (κ1) is 14.1. The fraction of sp³-hybridized carbons (Fsp3) is 1.00. The van der Waals surface area contributed by atoms with Gasteiger partial charge in [0.05, 0.1) is 0 Å². The third-order valence-corrected chi connectivity index (χ3v) is 3.57. The third-order valence-electron chi connectivity index (χ3n) is 3.22. The predicted octanol–water partition coefficient (Wildman–Crippen LogP) is 3.67. The average molecular weight is 258 g/mol. The standard InChI is InChI=1S/C11H19ClF3N/c1-9(12)10-3-7-16(8-4-10)6-2-5-11(13,14)15/h9-10H,2-8H2,1H3. The summed E-state index contributed by atoms with van der Waals surface area (Å²) < 4.78 is 35.8. The van der Waals surface area contributed by atoms with Gasteiger partial charge in [-0.15, -0.1) is 11.6 Å². The Morgan fingerprint density at radius 2 is 1.88 bits per heavy atom. The number of hydrogen-bond acceptors (Lipinski definition) is 1. The highest BCUT2D eigenvalue weighted by Crippen LogP contribution is 2.25. The number of nitrogens with zero attached hydrogens (tertiary/aromatic N) is 1. The molecule has 5 heteroatoms. The SMILES string of the molecule is CC(Cl)C1CCN(CCCC(F)(F)F)CC1. The number of piperidine rings is 1. The monoisotopic (exact) mass is 257 g/mol. The number of rotatable bonds is 4. The molecule has 0 radical (unpaired) electrons. The second kappa shape index (κ2) is 6.10. The van der Waals surface area contributed by atoms with Crippen LogP contribution in [0, 0.1) is 5.92 Å². The van der Waals surface area contributed by atoms with E-state index in [1.54, 1.807) is 0 Å². The topological polar surface area (TPSA) is 3.24 Å². The molecule has 0 aromatic heterocycles. The van der Waals surface area contributed by atoms with Gasteiger partial charge >= 0.3 is 6.18 Å². The lowest BCUT2D eigenvalue weighted by Gasteiger charge is -2.33. The number of halogens is 4. The van der Waals surface area contributed by atoms with E-state index in [2.05, 4.69) is 4.90 Å². The van der Waals surface area contributed by atoms with Crippen LogP contribution in [0.1, 0.15) is 32.6 Å². The minimum absolute atomic E-state index is 0.178. The molecule has 1 aliphatic rings. The van der Waals surface area contributed by atoms with Crippen LogP contribution in [0.15, 0.2) is 0 Å². The van der Waals surface area contributed by atoms with Crippen LogP contribution in [-0.2, 0) is 0 Å². The highest BCUT2D eigenvalue weighted by molar-refractivity contribution is 6.20. The second-order valence-electron chi connectivity index (χ2n) is 4.58. The molecule has 0 aromatic carbocycles. The summed E-state index contributed by atoms with van der Waals surface area (Å²) >= 11 is 6.00. The molecule has 1 fully saturated rings. The Kier molecular flexibility index (Phi) is 5.38. The molecule has 0 saturated carbocycles. The first-order chi connectivity index (χ1) is 7.38. The van der Waals surface area contributed by atoms with E-state index in [1.807, 2.05) is 6.92 Å². The van der Waals surface area contributed by atoms with E-state index >= 15 is 0 Å². The molecule has 1 atom stereocenters. The molecule has 1 nitrogen and oxygen atoms in total. The van der Waals surface area contributed by atoms with Crippen molar-refractivity contribution in [2.45, 2.75) is 44.2 Å². The Balaban J connectivity index is 2.13. The first-order valence-corrected chi connectivity index (χ1v) is 6.25. The summed E-state index contributed by atoms with van der Waals surface area (Å²) in [5, 5.41) is 0.178. The quantitative estimate of drug-likeness (QED) is 0.695. The van der Waals surface area contributed by atoms with E-state index in [0.717, 1.165) is 25.9 Å². The van der Waals surface area contributed by atoms with E-state index in [-0.39, 0.29) is 11.8 Å². The van der Waals surface area contributed by atoms with Crippen LogP contribution in [0.3, 0.4) is 0 Å². The van der Waals surface area contributed by atoms with Gasteiger partial charge in [-0.2, -0.15) is 13.2 Å². The van der Waals surface area contributed by atoms with Gasteiger partial charge in [0, 0.05) is 11.8 Å². The molecule has 1 saturated heterocycles. The smallest absolute Gasteiger partial charge is 0.303 e. The molecule has 1 unspecified atom stereocenters. The van der Waals surface area contributed by atoms with Gasteiger partial charge in [0.2, 0.25) is 0 Å². The zero-order valence-electron chi connectivity index (χ0n) is 9.56. The molecule has 0 aliphatic carbocycles. The highest BCUT2D eigenvalue weighted by atomic mass is 35.5. The van der Waals surface area contributed by atoms with Crippen molar-refractivity contribution in [2.75, 3.05) is 19.6 Å². The highest BCUT2D eigenvalue weighted by Gasteiger charge is 2.27. The lowest BCUT2D eigenvalue weighted by molar-refractivity contribution is -0.136. The minimum Gasteiger partial charge on any atom is -0.303 e. The van der Waals surface area contributed by atoms with Crippen molar-refractivity contribution in [2.24, 2.45) is 5.92 Å². The molecule has 0 spiro atoms. The van der Waals surface area contributed by atoms with Gasteiger partial charge < -0.3 is 4.90 Å². The summed E-state index contributed by atoms with van der Waals surface area (Å²) in [7, 11) is 0. The molecule has 0 amide bonds. The number of alkyl halides is 4. The zero-order valence-corrected chi connectivity index (χ0v) is 10.3. The maximum atomic E-state index is 11.9. The van der Waals surface area contributed by atoms with Gasteiger partial charge in [-0.05, 0) is 51.7 Å². The van der Waals surface area contributed by atoms with Gasteiger partial charge in [0.1, 0.15) is 0 Å². The lowest BCUT2D eigenvalue weighted by atomic mass is 9.94. The fourth-order valence-corrected chi connectivity index (χ4v) is 2.39. The molecule has 1 aliphatic heterocycles. The summed E-state index contributed by atoms with van der Waals surface area (Å²) in [6, 6.07) is 0. The van der Waals surface area contributed by atoms with E-state index in [1.165, 1.54) is 0 Å². The Labute approximate surface area is 99.9 Å². The van der Waals surface area contributed by atoms with Gasteiger partial charge in [-0.3, -0.25) is 0 Å². The number of likely N-dealkylation sites (tertiary alicyclic amines) is 1. The Bertz CT molecular complexity index is 198. The molecule has 0 aromatic rings. The molecule has 0 N–H and O–H groups in total. The molecule has 96 valence electrons. The van der Waals surface area contributed by atoms with E-state index in [4.69, 9.17) is 11.6 Å². The van der Waals surface area contributed by atoms with Crippen LogP contribution in [-0.4, -0.2) is 36.1 Å². The maximum Gasteiger partial charge on any atom is 0.389 e. The minimum atomic E-state index is -4.01. The van der Waals surface area contributed by atoms with Crippen LogP contribution >= 0.6 is 11.6 Å². The first-order valence-electron chi connectivity index (χ1n) is 5.81. The van der Waals surface area contributed by atoms with Crippen molar-refractivity contribution in [3.8, 4) is 0 Å². The fourth-order valence-electron chi connectivity index (χ4n) is 2.14. The van der Waals surface area contributed by atoms with Crippen molar-refractivity contribution < 1.29 is 13.2 Å². The number of hydrogen-bond donors (Lipinski definition) is 0. The third kappa shape index (κ3) is 5.39. The Morgan fingerprint density at radius 3 is 2.31 bits per heavy atom. The van der Waals surface area contributed by atoms with Crippen LogP contribution < -0.4 is 0 Å². The normalized spacial score (nSPS) is 22.3. The summed E-state index contributed by atoms with van der Waals surface area (Å²) in [5.41, 5.74) is 0. The van der Waals surface area contributed by atoms with E-state index in [9.17, 15) is 13.2 Å². The average Bonchev–Trinajstić information content (AvgIpc) is 2.16. The molecule has 1 rings (SSSR count). The lowest BCUT2D eigenvalue weighted by Crippen LogP contribution is -2.36. The summed E-state index contributed by atoms with van der Waals surface area (Å²) in [5.74, 6) is 0.528. The molecular weight excluding hydrogens is 239 g/mol. The molecule has 0 bridgehead atoms. The van der Waals surface area contributed by atoms with Crippen molar-refractivity contribution in [1.82, 2.24) is 4.90 Å². The largest absolute Gasteiger partial charge is 0.389 e.